The highest BCUT2D eigenvalue weighted by atomic mass is 19.1. The average molecular weight is 464 g/mol. The summed E-state index contributed by atoms with van der Waals surface area (Å²) in [7, 11) is 0. The zero-order chi connectivity index (χ0) is 23.8. The van der Waals surface area contributed by atoms with E-state index in [1.165, 1.54) is 11.8 Å². The maximum absolute atomic E-state index is 13.4. The standard InChI is InChI=1S/C25H30FN7O/c1-14-20-10-17(23(14)24(27)34)11-22(20)33-13-19(31-32-33)8-4-6-16-5-3-7-18(9-16)30-25-28-12-21(26)15(2)29-25/h3,5,7,9,12-14,17,20,22-23H,4,6,8,10-11H2,1-2H3,(H2,27,34)(H,28,29,30)/t14?,17?,20-,22?,23?/m0/s1. The van der Waals surface area contributed by atoms with Crippen LogP contribution in [0.5, 0.6) is 0 Å². The van der Waals surface area contributed by atoms with Gasteiger partial charge in [0.05, 0.1) is 23.6 Å². The molecule has 2 saturated carbocycles. The lowest BCUT2D eigenvalue weighted by atomic mass is 9.77. The van der Waals surface area contributed by atoms with Crippen LogP contribution in [0.25, 0.3) is 0 Å². The van der Waals surface area contributed by atoms with Gasteiger partial charge in [-0.25, -0.2) is 19.0 Å². The summed E-state index contributed by atoms with van der Waals surface area (Å²) < 4.78 is 15.4. The van der Waals surface area contributed by atoms with Crippen molar-refractivity contribution in [3.8, 4) is 0 Å². The molecule has 1 amide bonds. The highest BCUT2D eigenvalue weighted by Gasteiger charge is 2.53. The van der Waals surface area contributed by atoms with Crippen molar-refractivity contribution in [1.29, 1.82) is 0 Å². The van der Waals surface area contributed by atoms with Crippen LogP contribution in [0.2, 0.25) is 0 Å². The van der Waals surface area contributed by atoms with Gasteiger partial charge in [0.15, 0.2) is 5.82 Å². The van der Waals surface area contributed by atoms with Crippen molar-refractivity contribution in [3.05, 3.63) is 59.4 Å². The molecule has 3 N–H and O–H groups in total. The average Bonchev–Trinajstić information content (AvgIpc) is 3.51. The minimum atomic E-state index is -0.416. The number of carbonyl (C=O) groups is 1. The first-order valence-corrected chi connectivity index (χ1v) is 11.9. The minimum Gasteiger partial charge on any atom is -0.369 e. The van der Waals surface area contributed by atoms with Gasteiger partial charge in [0.1, 0.15) is 0 Å². The topological polar surface area (TPSA) is 112 Å². The summed E-state index contributed by atoms with van der Waals surface area (Å²) in [6.07, 6.45) is 7.96. The molecule has 0 radical (unpaired) electrons. The Morgan fingerprint density at radius 2 is 2.15 bits per heavy atom. The van der Waals surface area contributed by atoms with Gasteiger partial charge in [0, 0.05) is 17.8 Å². The van der Waals surface area contributed by atoms with Gasteiger partial charge < -0.3 is 11.1 Å². The number of benzene rings is 1. The van der Waals surface area contributed by atoms with Crippen molar-refractivity contribution in [2.45, 2.75) is 52.0 Å². The lowest BCUT2D eigenvalue weighted by molar-refractivity contribution is -0.125. The van der Waals surface area contributed by atoms with Crippen LogP contribution in [0.15, 0.2) is 36.7 Å². The minimum absolute atomic E-state index is 0.00754. The molecule has 2 aliphatic carbocycles. The molecule has 9 heteroatoms. The molecule has 8 nitrogen and oxygen atoms in total. The maximum atomic E-state index is 13.4. The predicted molar refractivity (Wildman–Crippen MR) is 126 cm³/mol. The zero-order valence-corrected chi connectivity index (χ0v) is 19.5. The molecule has 5 rings (SSSR count). The fourth-order valence-electron chi connectivity index (χ4n) is 5.95. The number of nitrogens with two attached hydrogens (primary N) is 1. The lowest BCUT2D eigenvalue weighted by Crippen LogP contribution is -2.36. The third kappa shape index (κ3) is 4.38. The summed E-state index contributed by atoms with van der Waals surface area (Å²) in [6.45, 7) is 3.76. The number of amides is 1. The summed E-state index contributed by atoms with van der Waals surface area (Å²) in [5.74, 6) is 0.941. The summed E-state index contributed by atoms with van der Waals surface area (Å²) in [4.78, 5) is 19.9. The summed E-state index contributed by atoms with van der Waals surface area (Å²) in [5.41, 5.74) is 8.99. The second-order valence-electron chi connectivity index (χ2n) is 9.75. The molecule has 2 aromatic heterocycles. The van der Waals surface area contributed by atoms with E-state index in [9.17, 15) is 9.18 Å². The molecule has 0 spiro atoms. The largest absolute Gasteiger partial charge is 0.369 e. The van der Waals surface area contributed by atoms with E-state index in [1.807, 2.05) is 16.8 Å². The number of halogens is 1. The quantitative estimate of drug-likeness (QED) is 0.526. The van der Waals surface area contributed by atoms with Crippen LogP contribution < -0.4 is 11.1 Å². The van der Waals surface area contributed by atoms with Crippen LogP contribution in [-0.2, 0) is 17.6 Å². The number of aromatic nitrogens is 5. The number of primary amides is 1. The van der Waals surface area contributed by atoms with Gasteiger partial charge in [-0.05, 0) is 74.5 Å². The Bertz CT molecular complexity index is 1190. The zero-order valence-electron chi connectivity index (χ0n) is 19.5. The second-order valence-corrected chi connectivity index (χ2v) is 9.75. The van der Waals surface area contributed by atoms with E-state index in [2.05, 4.69) is 50.9 Å². The van der Waals surface area contributed by atoms with Crippen LogP contribution >= 0.6 is 0 Å². The fraction of sp³-hybridized carbons (Fsp3) is 0.480. The third-order valence-electron chi connectivity index (χ3n) is 7.59. The van der Waals surface area contributed by atoms with Crippen LogP contribution in [0.1, 0.15) is 49.2 Å². The number of rotatable bonds is 8. The Morgan fingerprint density at radius 3 is 2.91 bits per heavy atom. The number of nitrogens with zero attached hydrogens (tertiary/aromatic N) is 5. The first-order valence-electron chi connectivity index (χ1n) is 11.9. The highest BCUT2D eigenvalue weighted by Crippen LogP contribution is 2.56. The van der Waals surface area contributed by atoms with Crippen LogP contribution in [0.3, 0.4) is 0 Å². The number of anilines is 2. The Labute approximate surface area is 198 Å². The first kappa shape index (κ1) is 22.4. The van der Waals surface area contributed by atoms with Gasteiger partial charge in [-0.2, -0.15) is 0 Å². The molecule has 2 bridgehead atoms. The summed E-state index contributed by atoms with van der Waals surface area (Å²) in [5, 5.41) is 12.0. The van der Waals surface area contributed by atoms with Gasteiger partial charge >= 0.3 is 0 Å². The smallest absolute Gasteiger partial charge is 0.227 e. The normalized spacial score (nSPS) is 25.6. The molecule has 0 saturated heterocycles. The fourth-order valence-corrected chi connectivity index (χ4v) is 5.95. The predicted octanol–water partition coefficient (Wildman–Crippen LogP) is 3.75. The van der Waals surface area contributed by atoms with Crippen molar-refractivity contribution in [2.75, 3.05) is 5.32 Å². The first-order chi connectivity index (χ1) is 16.4. The number of aryl methyl sites for hydroxylation is 3. The third-order valence-corrected chi connectivity index (χ3v) is 7.59. The molecule has 5 atom stereocenters. The van der Waals surface area contributed by atoms with Crippen molar-refractivity contribution in [3.63, 3.8) is 0 Å². The van der Waals surface area contributed by atoms with E-state index in [-0.39, 0.29) is 11.8 Å². The van der Waals surface area contributed by atoms with E-state index in [4.69, 9.17) is 5.73 Å². The summed E-state index contributed by atoms with van der Waals surface area (Å²) >= 11 is 0. The molecule has 2 heterocycles. The van der Waals surface area contributed by atoms with E-state index in [0.29, 0.717) is 35.4 Å². The second kappa shape index (κ2) is 9.12. The van der Waals surface area contributed by atoms with Crippen molar-refractivity contribution in [2.24, 2.45) is 29.4 Å². The molecular formula is C25H30FN7O. The van der Waals surface area contributed by atoms with Gasteiger partial charge in [-0.1, -0.05) is 24.3 Å². The molecule has 3 aromatic rings. The van der Waals surface area contributed by atoms with E-state index < -0.39 is 5.82 Å². The Morgan fingerprint density at radius 1 is 1.29 bits per heavy atom. The van der Waals surface area contributed by atoms with Gasteiger partial charge in [0.2, 0.25) is 11.9 Å². The number of hydrogen-bond donors (Lipinski definition) is 2. The molecule has 1 aromatic carbocycles. The molecule has 178 valence electrons. The molecule has 2 aliphatic rings. The Balaban J connectivity index is 1.15. The highest BCUT2D eigenvalue weighted by molar-refractivity contribution is 5.78. The number of fused-ring (bicyclic) bond motifs is 2. The van der Waals surface area contributed by atoms with Gasteiger partial charge in [-0.3, -0.25) is 4.79 Å². The van der Waals surface area contributed by atoms with E-state index in [1.54, 1.807) is 6.92 Å². The van der Waals surface area contributed by atoms with Crippen LogP contribution in [0, 0.1) is 36.4 Å². The molecule has 34 heavy (non-hydrogen) atoms. The summed E-state index contributed by atoms with van der Waals surface area (Å²) in [6, 6.07) is 8.39. The lowest BCUT2D eigenvalue weighted by Gasteiger charge is -2.31. The van der Waals surface area contributed by atoms with Crippen LogP contribution in [0.4, 0.5) is 16.0 Å². The van der Waals surface area contributed by atoms with Crippen molar-refractivity contribution in [1.82, 2.24) is 25.0 Å². The number of nitrogens with one attached hydrogen (secondary N) is 1. The van der Waals surface area contributed by atoms with Crippen molar-refractivity contribution >= 4 is 17.5 Å². The van der Waals surface area contributed by atoms with Gasteiger partial charge in [-0.15, -0.1) is 5.10 Å². The molecule has 2 fully saturated rings. The molecule has 0 aliphatic heterocycles. The van der Waals surface area contributed by atoms with Crippen LogP contribution in [-0.4, -0.2) is 30.9 Å². The number of hydrogen-bond acceptors (Lipinski definition) is 6. The number of carbonyl (C=O) groups excluding carboxylic acids is 1. The van der Waals surface area contributed by atoms with E-state index >= 15 is 0 Å². The Kier molecular flexibility index (Phi) is 6.02. The van der Waals surface area contributed by atoms with E-state index in [0.717, 1.165) is 43.5 Å². The maximum Gasteiger partial charge on any atom is 0.227 e. The SMILES string of the molecule is Cc1nc(Nc2cccc(CCCc3cn(C4CC5C[C@H]4C(C)C5C(N)=O)nn3)c2)ncc1F. The Hall–Kier alpha value is -3.36. The van der Waals surface area contributed by atoms with Gasteiger partial charge in [0.25, 0.3) is 0 Å². The van der Waals surface area contributed by atoms with Crippen molar-refractivity contribution < 1.29 is 9.18 Å². The molecular weight excluding hydrogens is 433 g/mol. The molecule has 4 unspecified atom stereocenters. The monoisotopic (exact) mass is 463 g/mol.